The third kappa shape index (κ3) is 4.17. The van der Waals surface area contributed by atoms with Gasteiger partial charge in [0.2, 0.25) is 10.0 Å². The van der Waals surface area contributed by atoms with Crippen LogP contribution in [0.5, 0.6) is 0 Å². The molecule has 0 unspecified atom stereocenters. The fourth-order valence-electron chi connectivity index (χ4n) is 2.25. The van der Waals surface area contributed by atoms with Gasteiger partial charge in [-0.3, -0.25) is 0 Å². The van der Waals surface area contributed by atoms with Crippen molar-refractivity contribution in [2.45, 2.75) is 12.7 Å². The standard InChI is InChI=1S/C14H19FN2O4S/c1-2-21-14(18)16-7-9-17(10-8-16)22(19,20)11-12-3-5-13(15)6-4-12/h3-6H,2,7-11H2,1H3. The van der Waals surface area contributed by atoms with Gasteiger partial charge in [0.1, 0.15) is 5.82 Å². The molecule has 1 aliphatic heterocycles. The van der Waals surface area contributed by atoms with E-state index < -0.39 is 21.9 Å². The van der Waals surface area contributed by atoms with Gasteiger partial charge in [-0.25, -0.2) is 17.6 Å². The van der Waals surface area contributed by atoms with E-state index in [-0.39, 0.29) is 18.8 Å². The smallest absolute Gasteiger partial charge is 0.409 e. The quantitative estimate of drug-likeness (QED) is 0.838. The van der Waals surface area contributed by atoms with Gasteiger partial charge in [0.05, 0.1) is 12.4 Å². The van der Waals surface area contributed by atoms with Gasteiger partial charge in [0.15, 0.2) is 0 Å². The SMILES string of the molecule is CCOC(=O)N1CCN(S(=O)(=O)Cc2ccc(F)cc2)CC1. The Morgan fingerprint density at radius 2 is 1.77 bits per heavy atom. The monoisotopic (exact) mass is 330 g/mol. The van der Waals surface area contributed by atoms with E-state index in [1.165, 1.54) is 33.5 Å². The number of amides is 1. The van der Waals surface area contributed by atoms with Crippen LogP contribution in [-0.4, -0.2) is 56.5 Å². The Hall–Kier alpha value is -1.67. The first kappa shape index (κ1) is 16.7. The normalized spacial score (nSPS) is 16.5. The second-order valence-corrected chi connectivity index (χ2v) is 6.94. The summed E-state index contributed by atoms with van der Waals surface area (Å²) in [4.78, 5) is 13.1. The van der Waals surface area contributed by atoms with Gasteiger partial charge in [-0.05, 0) is 24.6 Å². The Morgan fingerprint density at radius 3 is 2.32 bits per heavy atom. The first-order valence-electron chi connectivity index (χ1n) is 7.06. The van der Waals surface area contributed by atoms with Crippen LogP contribution >= 0.6 is 0 Å². The van der Waals surface area contributed by atoms with Crippen LogP contribution in [-0.2, 0) is 20.5 Å². The van der Waals surface area contributed by atoms with Crippen LogP contribution in [0.2, 0.25) is 0 Å². The second-order valence-electron chi connectivity index (χ2n) is 4.97. The zero-order valence-electron chi connectivity index (χ0n) is 12.4. The molecule has 1 saturated heterocycles. The van der Waals surface area contributed by atoms with Crippen LogP contribution in [0.25, 0.3) is 0 Å². The Kier molecular flexibility index (Phi) is 5.36. The molecule has 1 aliphatic rings. The van der Waals surface area contributed by atoms with Crippen molar-refractivity contribution in [1.29, 1.82) is 0 Å². The van der Waals surface area contributed by atoms with E-state index >= 15 is 0 Å². The van der Waals surface area contributed by atoms with Gasteiger partial charge in [-0.1, -0.05) is 12.1 Å². The molecular weight excluding hydrogens is 311 g/mol. The average Bonchev–Trinajstić information content (AvgIpc) is 2.50. The molecule has 1 amide bonds. The number of sulfonamides is 1. The van der Waals surface area contributed by atoms with Gasteiger partial charge in [0.25, 0.3) is 0 Å². The van der Waals surface area contributed by atoms with E-state index in [1.807, 2.05) is 0 Å². The Balaban J connectivity index is 1.94. The number of piperazine rings is 1. The van der Waals surface area contributed by atoms with E-state index in [1.54, 1.807) is 6.92 Å². The molecule has 6 nitrogen and oxygen atoms in total. The third-order valence-corrected chi connectivity index (χ3v) is 5.27. The lowest BCUT2D eigenvalue weighted by Crippen LogP contribution is -2.50. The predicted octanol–water partition coefficient (Wildman–Crippen LogP) is 1.43. The van der Waals surface area contributed by atoms with Crippen LogP contribution < -0.4 is 0 Å². The number of benzene rings is 1. The summed E-state index contributed by atoms with van der Waals surface area (Å²) in [6.45, 7) is 3.11. The summed E-state index contributed by atoms with van der Waals surface area (Å²) in [5.41, 5.74) is 0.536. The lowest BCUT2D eigenvalue weighted by atomic mass is 10.2. The van der Waals surface area contributed by atoms with Crippen molar-refractivity contribution in [3.05, 3.63) is 35.6 Å². The number of carbonyl (C=O) groups is 1. The Labute approximate surface area is 129 Å². The first-order chi connectivity index (χ1) is 10.4. The number of ether oxygens (including phenoxy) is 1. The van der Waals surface area contributed by atoms with Gasteiger partial charge in [-0.2, -0.15) is 4.31 Å². The van der Waals surface area contributed by atoms with Crippen LogP contribution in [0.15, 0.2) is 24.3 Å². The number of hydrogen-bond acceptors (Lipinski definition) is 4. The third-order valence-electron chi connectivity index (χ3n) is 3.42. The Morgan fingerprint density at radius 1 is 1.18 bits per heavy atom. The maximum atomic E-state index is 12.8. The van der Waals surface area contributed by atoms with Crippen molar-refractivity contribution in [2.24, 2.45) is 0 Å². The molecular formula is C14H19FN2O4S. The number of carbonyl (C=O) groups excluding carboxylic acids is 1. The largest absolute Gasteiger partial charge is 0.450 e. The highest BCUT2D eigenvalue weighted by atomic mass is 32.2. The minimum Gasteiger partial charge on any atom is -0.450 e. The fraction of sp³-hybridized carbons (Fsp3) is 0.500. The summed E-state index contributed by atoms with van der Waals surface area (Å²) < 4.78 is 43.8. The molecule has 1 aromatic rings. The fourth-order valence-corrected chi connectivity index (χ4v) is 3.76. The lowest BCUT2D eigenvalue weighted by Gasteiger charge is -2.33. The molecule has 0 spiro atoms. The van der Waals surface area contributed by atoms with Crippen molar-refractivity contribution < 1.29 is 22.3 Å². The predicted molar refractivity (Wildman–Crippen MR) is 79.2 cm³/mol. The molecule has 22 heavy (non-hydrogen) atoms. The van der Waals surface area contributed by atoms with Crippen molar-refractivity contribution in [3.63, 3.8) is 0 Å². The highest BCUT2D eigenvalue weighted by molar-refractivity contribution is 7.88. The molecule has 0 saturated carbocycles. The molecule has 1 fully saturated rings. The molecule has 0 atom stereocenters. The highest BCUT2D eigenvalue weighted by Gasteiger charge is 2.29. The summed E-state index contributed by atoms with van der Waals surface area (Å²) in [6, 6.07) is 5.40. The van der Waals surface area contributed by atoms with Crippen molar-refractivity contribution in [1.82, 2.24) is 9.21 Å². The van der Waals surface area contributed by atoms with Gasteiger partial charge >= 0.3 is 6.09 Å². The molecule has 1 heterocycles. The molecule has 0 aromatic heterocycles. The zero-order chi connectivity index (χ0) is 16.2. The van der Waals surface area contributed by atoms with Crippen molar-refractivity contribution >= 4 is 16.1 Å². The average molecular weight is 330 g/mol. The molecule has 1 aromatic carbocycles. The van der Waals surface area contributed by atoms with E-state index in [4.69, 9.17) is 4.74 Å². The maximum Gasteiger partial charge on any atom is 0.409 e. The number of hydrogen-bond donors (Lipinski definition) is 0. The van der Waals surface area contributed by atoms with Gasteiger partial charge in [-0.15, -0.1) is 0 Å². The van der Waals surface area contributed by atoms with Gasteiger partial charge in [0, 0.05) is 26.2 Å². The number of nitrogens with zero attached hydrogens (tertiary/aromatic N) is 2. The summed E-state index contributed by atoms with van der Waals surface area (Å²) in [6.07, 6.45) is -0.418. The van der Waals surface area contributed by atoms with Crippen molar-refractivity contribution in [3.8, 4) is 0 Å². The second kappa shape index (κ2) is 7.06. The molecule has 0 N–H and O–H groups in total. The highest BCUT2D eigenvalue weighted by Crippen LogP contribution is 2.14. The van der Waals surface area contributed by atoms with Crippen LogP contribution in [0.4, 0.5) is 9.18 Å². The lowest BCUT2D eigenvalue weighted by molar-refractivity contribution is 0.0934. The van der Waals surface area contributed by atoms with E-state index in [9.17, 15) is 17.6 Å². The van der Waals surface area contributed by atoms with E-state index in [0.717, 1.165) is 0 Å². The van der Waals surface area contributed by atoms with Crippen molar-refractivity contribution in [2.75, 3.05) is 32.8 Å². The zero-order valence-corrected chi connectivity index (χ0v) is 13.2. The summed E-state index contributed by atoms with van der Waals surface area (Å²) in [5.74, 6) is -0.573. The van der Waals surface area contributed by atoms with Crippen LogP contribution in [0, 0.1) is 5.82 Å². The maximum absolute atomic E-state index is 12.8. The van der Waals surface area contributed by atoms with Gasteiger partial charge < -0.3 is 9.64 Å². The van der Waals surface area contributed by atoms with Crippen LogP contribution in [0.1, 0.15) is 12.5 Å². The van der Waals surface area contributed by atoms with E-state index in [0.29, 0.717) is 25.3 Å². The summed E-state index contributed by atoms with van der Waals surface area (Å²) in [5, 5.41) is 0. The van der Waals surface area contributed by atoms with E-state index in [2.05, 4.69) is 0 Å². The summed E-state index contributed by atoms with van der Waals surface area (Å²) in [7, 11) is -3.48. The molecule has 122 valence electrons. The number of rotatable bonds is 4. The molecule has 2 rings (SSSR count). The Bertz CT molecular complexity index is 610. The summed E-state index contributed by atoms with van der Waals surface area (Å²) >= 11 is 0. The van der Waals surface area contributed by atoms with Crippen LogP contribution in [0.3, 0.4) is 0 Å². The topological polar surface area (TPSA) is 66.9 Å². The molecule has 8 heteroatoms. The minimum absolute atomic E-state index is 0.174. The molecule has 0 aliphatic carbocycles. The first-order valence-corrected chi connectivity index (χ1v) is 8.67. The minimum atomic E-state index is -3.48. The number of halogens is 1. The molecule has 0 bridgehead atoms. The molecule has 0 radical (unpaired) electrons.